The van der Waals surface area contributed by atoms with E-state index < -0.39 is 0 Å². The molecular weight excluding hydrogens is 320 g/mol. The van der Waals surface area contributed by atoms with E-state index >= 15 is 0 Å². The molecule has 1 amide bonds. The van der Waals surface area contributed by atoms with Crippen molar-refractivity contribution < 1.29 is 9.59 Å². The van der Waals surface area contributed by atoms with E-state index in [1.807, 2.05) is 4.90 Å². The van der Waals surface area contributed by atoms with Gasteiger partial charge in [0.2, 0.25) is 0 Å². The van der Waals surface area contributed by atoms with Crippen LogP contribution >= 0.6 is 11.3 Å². The van der Waals surface area contributed by atoms with Crippen LogP contribution in [0.3, 0.4) is 0 Å². The van der Waals surface area contributed by atoms with E-state index in [0.29, 0.717) is 9.75 Å². The molecule has 1 aromatic carbocycles. The summed E-state index contributed by atoms with van der Waals surface area (Å²) in [5.41, 5.74) is 2.79. The summed E-state index contributed by atoms with van der Waals surface area (Å²) in [4.78, 5) is 27.4. The van der Waals surface area contributed by atoms with Crippen molar-refractivity contribution in [3.63, 3.8) is 0 Å². The molecule has 3 heterocycles. The predicted molar refractivity (Wildman–Crippen MR) is 96.1 cm³/mol. The Bertz CT molecular complexity index is 803. The quantitative estimate of drug-likeness (QED) is 0.851. The second-order valence-electron chi connectivity index (χ2n) is 6.69. The molecule has 4 rings (SSSR count). The van der Waals surface area contributed by atoms with E-state index in [0.717, 1.165) is 32.5 Å². The highest BCUT2D eigenvalue weighted by atomic mass is 32.1. The van der Waals surface area contributed by atoms with Crippen LogP contribution in [0.25, 0.3) is 0 Å². The molecule has 2 aliphatic heterocycles. The number of ketones is 1. The van der Waals surface area contributed by atoms with E-state index in [1.165, 1.54) is 29.5 Å². The molecule has 0 bridgehead atoms. The van der Waals surface area contributed by atoms with E-state index in [9.17, 15) is 9.59 Å². The molecule has 124 valence electrons. The lowest BCUT2D eigenvalue weighted by Gasteiger charge is -2.39. The van der Waals surface area contributed by atoms with Crippen LogP contribution in [-0.2, 0) is 5.41 Å². The number of amides is 1. The fourth-order valence-corrected chi connectivity index (χ4v) is 4.71. The predicted octanol–water partition coefficient (Wildman–Crippen LogP) is 3.55. The van der Waals surface area contributed by atoms with Crippen LogP contribution in [0, 0.1) is 0 Å². The van der Waals surface area contributed by atoms with Gasteiger partial charge in [-0.2, -0.15) is 0 Å². The number of Topliss-reactive ketones (excluding diaryl/α,β-unsaturated/α-hetero) is 1. The van der Waals surface area contributed by atoms with Crippen LogP contribution in [0.15, 0.2) is 36.4 Å². The number of carbonyl (C=O) groups is 2. The number of nitrogens with one attached hydrogen (secondary N) is 1. The monoisotopic (exact) mass is 340 g/mol. The van der Waals surface area contributed by atoms with Gasteiger partial charge in [-0.05, 0) is 43.5 Å². The van der Waals surface area contributed by atoms with Crippen LogP contribution in [0.5, 0.6) is 0 Å². The number of para-hydroxylation sites is 1. The summed E-state index contributed by atoms with van der Waals surface area (Å²) in [6.45, 7) is 4.03. The molecule has 1 fully saturated rings. The molecule has 0 unspecified atom stereocenters. The zero-order chi connectivity index (χ0) is 16.7. The standard InChI is InChI=1S/C19H20N2O2S/c1-13(22)16-6-7-17(24-16)18(23)21-10-8-19(9-11-21)12-20-15-5-3-2-4-14(15)19/h2-7,20H,8-12H2,1H3. The minimum atomic E-state index is 0.0188. The summed E-state index contributed by atoms with van der Waals surface area (Å²) >= 11 is 1.30. The fourth-order valence-electron chi connectivity index (χ4n) is 3.84. The number of fused-ring (bicyclic) bond motifs is 2. The van der Waals surface area contributed by atoms with E-state index in [-0.39, 0.29) is 17.1 Å². The Morgan fingerprint density at radius 3 is 2.50 bits per heavy atom. The molecular formula is C19H20N2O2S. The van der Waals surface area contributed by atoms with Crippen molar-refractivity contribution in [1.29, 1.82) is 0 Å². The number of hydrogen-bond acceptors (Lipinski definition) is 4. The molecule has 0 radical (unpaired) electrons. The first-order chi connectivity index (χ1) is 11.6. The van der Waals surface area contributed by atoms with Gasteiger partial charge in [-0.25, -0.2) is 0 Å². The second-order valence-corrected chi connectivity index (χ2v) is 7.78. The number of nitrogens with zero attached hydrogens (tertiary/aromatic N) is 1. The number of piperidine rings is 1. The van der Waals surface area contributed by atoms with Crippen molar-refractivity contribution in [1.82, 2.24) is 4.90 Å². The van der Waals surface area contributed by atoms with Crippen LogP contribution in [0.1, 0.15) is 44.7 Å². The van der Waals surface area contributed by atoms with Crippen LogP contribution < -0.4 is 5.32 Å². The highest BCUT2D eigenvalue weighted by Crippen LogP contribution is 2.44. The molecule has 24 heavy (non-hydrogen) atoms. The number of likely N-dealkylation sites (tertiary alicyclic amines) is 1. The van der Waals surface area contributed by atoms with Crippen molar-refractivity contribution >= 4 is 28.7 Å². The van der Waals surface area contributed by atoms with Crippen molar-refractivity contribution in [2.45, 2.75) is 25.2 Å². The smallest absolute Gasteiger partial charge is 0.263 e. The maximum absolute atomic E-state index is 12.7. The van der Waals surface area contributed by atoms with Crippen molar-refractivity contribution in [2.75, 3.05) is 25.0 Å². The van der Waals surface area contributed by atoms with Gasteiger partial charge in [0.15, 0.2) is 5.78 Å². The largest absolute Gasteiger partial charge is 0.384 e. The summed E-state index contributed by atoms with van der Waals surface area (Å²) < 4.78 is 0. The first-order valence-corrected chi connectivity index (χ1v) is 9.14. The summed E-state index contributed by atoms with van der Waals surface area (Å²) in [5, 5.41) is 3.51. The normalized spacial score (nSPS) is 18.3. The van der Waals surface area contributed by atoms with Crippen molar-refractivity contribution in [3.05, 3.63) is 51.7 Å². The maximum Gasteiger partial charge on any atom is 0.263 e. The van der Waals surface area contributed by atoms with Crippen LogP contribution in [0.2, 0.25) is 0 Å². The third-order valence-electron chi connectivity index (χ3n) is 5.29. The SMILES string of the molecule is CC(=O)c1ccc(C(=O)N2CCC3(CC2)CNc2ccccc23)s1. The third kappa shape index (κ3) is 2.44. The van der Waals surface area contributed by atoms with Gasteiger partial charge in [-0.3, -0.25) is 9.59 Å². The van der Waals surface area contributed by atoms with E-state index in [2.05, 4.69) is 29.6 Å². The highest BCUT2D eigenvalue weighted by molar-refractivity contribution is 7.15. The van der Waals surface area contributed by atoms with Gasteiger partial charge in [0.05, 0.1) is 9.75 Å². The Balaban J connectivity index is 1.48. The highest BCUT2D eigenvalue weighted by Gasteiger charge is 2.42. The molecule has 1 N–H and O–H groups in total. The Labute approximate surface area is 145 Å². The maximum atomic E-state index is 12.7. The molecule has 1 spiro atoms. The fraction of sp³-hybridized carbons (Fsp3) is 0.368. The molecule has 0 saturated carbocycles. The summed E-state index contributed by atoms with van der Waals surface area (Å²) in [6.07, 6.45) is 1.96. The van der Waals surface area contributed by atoms with Gasteiger partial charge in [-0.15, -0.1) is 11.3 Å². The topological polar surface area (TPSA) is 49.4 Å². The minimum absolute atomic E-state index is 0.0188. The number of carbonyl (C=O) groups excluding carboxylic acids is 2. The average molecular weight is 340 g/mol. The van der Waals surface area contributed by atoms with Gasteiger partial charge >= 0.3 is 0 Å². The summed E-state index contributed by atoms with van der Waals surface area (Å²) in [7, 11) is 0. The molecule has 1 saturated heterocycles. The summed E-state index contributed by atoms with van der Waals surface area (Å²) in [5.74, 6) is 0.0758. The van der Waals surface area contributed by atoms with Crippen LogP contribution in [0.4, 0.5) is 5.69 Å². The lowest BCUT2D eigenvalue weighted by Crippen LogP contribution is -2.46. The van der Waals surface area contributed by atoms with Gasteiger partial charge in [0.25, 0.3) is 5.91 Å². The molecule has 0 aliphatic carbocycles. The first-order valence-electron chi connectivity index (χ1n) is 8.32. The van der Waals surface area contributed by atoms with Crippen molar-refractivity contribution in [2.24, 2.45) is 0 Å². The number of benzene rings is 1. The molecule has 4 nitrogen and oxygen atoms in total. The van der Waals surface area contributed by atoms with Gasteiger partial charge in [0, 0.05) is 30.7 Å². The minimum Gasteiger partial charge on any atom is -0.384 e. The average Bonchev–Trinajstić information content (AvgIpc) is 3.22. The van der Waals surface area contributed by atoms with Gasteiger partial charge < -0.3 is 10.2 Å². The third-order valence-corrected chi connectivity index (χ3v) is 6.46. The van der Waals surface area contributed by atoms with E-state index in [1.54, 1.807) is 12.1 Å². The molecule has 2 aliphatic rings. The number of rotatable bonds is 2. The molecule has 5 heteroatoms. The van der Waals surface area contributed by atoms with Gasteiger partial charge in [-0.1, -0.05) is 18.2 Å². The molecule has 2 aromatic rings. The molecule has 1 aromatic heterocycles. The van der Waals surface area contributed by atoms with Gasteiger partial charge in [0.1, 0.15) is 0 Å². The van der Waals surface area contributed by atoms with E-state index in [4.69, 9.17) is 0 Å². The summed E-state index contributed by atoms with van der Waals surface area (Å²) in [6, 6.07) is 12.0. The zero-order valence-corrected chi connectivity index (χ0v) is 14.5. The first kappa shape index (κ1) is 15.4. The van der Waals surface area contributed by atoms with Crippen molar-refractivity contribution in [3.8, 4) is 0 Å². The Morgan fingerprint density at radius 1 is 1.08 bits per heavy atom. The number of hydrogen-bond donors (Lipinski definition) is 1. The number of anilines is 1. The zero-order valence-electron chi connectivity index (χ0n) is 13.7. The molecule has 0 atom stereocenters. The second kappa shape index (κ2) is 5.74. The Hall–Kier alpha value is -2.14. The Morgan fingerprint density at radius 2 is 1.79 bits per heavy atom. The lowest BCUT2D eigenvalue weighted by molar-refractivity contribution is 0.0681. The Kier molecular flexibility index (Phi) is 3.68. The number of thiophene rings is 1. The lowest BCUT2D eigenvalue weighted by atomic mass is 9.74. The van der Waals surface area contributed by atoms with Crippen LogP contribution in [-0.4, -0.2) is 36.2 Å².